The number of nitrogens with one attached hydrogen (secondary N) is 2. The summed E-state index contributed by atoms with van der Waals surface area (Å²) in [5, 5.41) is 23.9. The van der Waals surface area contributed by atoms with Crippen LogP contribution in [0.1, 0.15) is 78.1 Å². The largest absolute Gasteiger partial charge is 0.481 e. The average molecular weight is 609 g/mol. The highest BCUT2D eigenvalue weighted by Gasteiger charge is 2.20. The van der Waals surface area contributed by atoms with Crippen molar-refractivity contribution in [1.29, 1.82) is 0 Å². The molecule has 2 unspecified atom stereocenters. The molecular weight excluding hydrogens is 564 g/mol. The van der Waals surface area contributed by atoms with Crippen LogP contribution in [-0.4, -0.2) is 95.5 Å². The summed E-state index contributed by atoms with van der Waals surface area (Å²) in [7, 11) is 3.13. The van der Waals surface area contributed by atoms with Gasteiger partial charge in [0.2, 0.25) is 0 Å². The van der Waals surface area contributed by atoms with Gasteiger partial charge >= 0.3 is 23.9 Å². The Morgan fingerprint density at radius 1 is 0.625 bits per heavy atom. The van der Waals surface area contributed by atoms with Crippen LogP contribution in [0.15, 0.2) is 0 Å². The number of carbonyl (C=O) groups is 6. The molecule has 0 aromatic heterocycles. The van der Waals surface area contributed by atoms with E-state index in [-0.39, 0.29) is 81.5 Å². The molecule has 230 valence electrons. The number of hydrogen-bond acceptors (Lipinski definition) is 12. The molecule has 0 amide bonds. The van der Waals surface area contributed by atoms with E-state index in [2.05, 4.69) is 10.6 Å². The first kappa shape index (κ1) is 37.8. The quantitative estimate of drug-likeness (QED) is 0.0606. The summed E-state index contributed by atoms with van der Waals surface area (Å²) in [6.45, 7) is 4.99. The minimum absolute atomic E-state index is 0.0733. The van der Waals surface area contributed by atoms with Crippen molar-refractivity contribution in [3.05, 3.63) is 0 Å². The number of carboxylic acids is 2. The van der Waals surface area contributed by atoms with Crippen LogP contribution in [0.2, 0.25) is 0 Å². The zero-order chi connectivity index (χ0) is 30.2. The zero-order valence-electron chi connectivity index (χ0n) is 23.4. The molecule has 0 fully saturated rings. The van der Waals surface area contributed by atoms with Crippen LogP contribution in [0.5, 0.6) is 0 Å². The fraction of sp³-hybridized carbons (Fsp3) is 0.769. The Bertz CT molecular complexity index is 797. The molecule has 0 aromatic carbocycles. The highest BCUT2D eigenvalue weighted by molar-refractivity contribution is 8.76. The molecule has 0 spiro atoms. The molecule has 0 heterocycles. The number of hydrogen-bond donors (Lipinski definition) is 4. The molecule has 0 aromatic rings. The van der Waals surface area contributed by atoms with Crippen LogP contribution < -0.4 is 10.6 Å². The van der Waals surface area contributed by atoms with Gasteiger partial charge in [0.05, 0.1) is 25.3 Å². The number of carboxylic acid groups (broad SMARTS) is 2. The topological polar surface area (TPSA) is 185 Å². The number of aliphatic carboxylic acids is 2. The summed E-state index contributed by atoms with van der Waals surface area (Å²) in [5.74, 6) is -1.63. The fourth-order valence-electron chi connectivity index (χ4n) is 3.59. The molecule has 0 aliphatic heterocycles. The molecule has 0 aliphatic carbocycles. The molecular formula is C26H44N2O10S2. The number of Topliss-reactive ketones (excluding diaryl/α,β-unsaturated/α-hetero) is 2. The molecule has 4 N–H and O–H groups in total. The number of ketones is 2. The molecule has 14 heteroatoms. The van der Waals surface area contributed by atoms with Gasteiger partial charge in [-0.25, -0.2) is 0 Å². The highest BCUT2D eigenvalue weighted by Crippen LogP contribution is 2.20. The fourth-order valence-corrected chi connectivity index (χ4v) is 5.43. The Morgan fingerprint density at radius 2 is 1.05 bits per heavy atom. The molecule has 2 atom stereocenters. The van der Waals surface area contributed by atoms with Gasteiger partial charge in [-0.05, 0) is 39.5 Å². The second-order valence-electron chi connectivity index (χ2n) is 8.77. The third-order valence-corrected chi connectivity index (χ3v) is 7.93. The van der Waals surface area contributed by atoms with Gasteiger partial charge < -0.3 is 30.3 Å². The van der Waals surface area contributed by atoms with Crippen molar-refractivity contribution < 1.29 is 48.5 Å². The van der Waals surface area contributed by atoms with E-state index >= 15 is 0 Å². The van der Waals surface area contributed by atoms with E-state index in [1.54, 1.807) is 35.4 Å². The van der Waals surface area contributed by atoms with Crippen LogP contribution >= 0.6 is 21.6 Å². The van der Waals surface area contributed by atoms with Crippen molar-refractivity contribution in [2.24, 2.45) is 0 Å². The van der Waals surface area contributed by atoms with E-state index in [0.717, 1.165) is 0 Å². The van der Waals surface area contributed by atoms with Crippen LogP contribution in [0, 0.1) is 0 Å². The van der Waals surface area contributed by atoms with Crippen molar-refractivity contribution in [2.45, 2.75) is 90.1 Å². The van der Waals surface area contributed by atoms with Crippen molar-refractivity contribution in [3.8, 4) is 0 Å². The number of carbonyl (C=O) groups excluding carboxylic acids is 4. The number of esters is 2. The van der Waals surface area contributed by atoms with Crippen LogP contribution in [-0.2, 0) is 38.2 Å². The van der Waals surface area contributed by atoms with Crippen LogP contribution in [0.25, 0.3) is 0 Å². The average Bonchev–Trinajstić information content (AvgIpc) is 2.88. The van der Waals surface area contributed by atoms with E-state index < -0.39 is 24.0 Å². The third-order valence-electron chi connectivity index (χ3n) is 5.53. The Kier molecular flexibility index (Phi) is 23.3. The SMILES string of the molecule is CCOC(=O)CCCC(=O)C(CCC(=O)OCC)NCCSSCCNC(CCC(=O)O)C(=O)CCCC(=O)O. The van der Waals surface area contributed by atoms with Crippen LogP contribution in [0.3, 0.4) is 0 Å². The van der Waals surface area contributed by atoms with Gasteiger partial charge in [0.25, 0.3) is 0 Å². The van der Waals surface area contributed by atoms with E-state index in [0.29, 0.717) is 44.0 Å². The number of rotatable bonds is 27. The summed E-state index contributed by atoms with van der Waals surface area (Å²) >= 11 is 0. The van der Waals surface area contributed by atoms with Crippen molar-refractivity contribution in [2.75, 3.05) is 37.8 Å². The standard InChI is InChI=1S/C26H44N2O10S2/c1-3-37-25(35)10-6-8-22(30)20(12-14-26(36)38-4-2)28-16-18-40-39-17-15-27-19(11-13-24(33)34)21(29)7-5-9-23(31)32/h19-20,27-28H,3-18H2,1-2H3,(H,31,32)(H,33,34). The van der Waals surface area contributed by atoms with Gasteiger partial charge in [0, 0.05) is 63.1 Å². The lowest BCUT2D eigenvalue weighted by molar-refractivity contribution is -0.144. The first-order chi connectivity index (χ1) is 19.1. The molecule has 40 heavy (non-hydrogen) atoms. The minimum Gasteiger partial charge on any atom is -0.481 e. The summed E-state index contributed by atoms with van der Waals surface area (Å²) in [5.41, 5.74) is 0. The van der Waals surface area contributed by atoms with Gasteiger partial charge in [-0.2, -0.15) is 0 Å². The maximum Gasteiger partial charge on any atom is 0.305 e. The van der Waals surface area contributed by atoms with Gasteiger partial charge in [0.15, 0.2) is 0 Å². The van der Waals surface area contributed by atoms with Gasteiger partial charge in [-0.3, -0.25) is 28.8 Å². The summed E-state index contributed by atoms with van der Waals surface area (Å²) < 4.78 is 9.84. The van der Waals surface area contributed by atoms with Gasteiger partial charge in [-0.15, -0.1) is 0 Å². The van der Waals surface area contributed by atoms with E-state index in [9.17, 15) is 28.8 Å². The maximum absolute atomic E-state index is 12.7. The van der Waals surface area contributed by atoms with Gasteiger partial charge in [-0.1, -0.05) is 21.6 Å². The lowest BCUT2D eigenvalue weighted by Gasteiger charge is -2.18. The third kappa shape index (κ3) is 21.6. The molecule has 0 saturated heterocycles. The Hall–Kier alpha value is -2.16. The van der Waals surface area contributed by atoms with Gasteiger partial charge in [0.1, 0.15) is 11.6 Å². The lowest BCUT2D eigenvalue weighted by Crippen LogP contribution is -2.38. The van der Waals surface area contributed by atoms with Crippen molar-refractivity contribution >= 4 is 57.0 Å². The minimum atomic E-state index is -0.999. The van der Waals surface area contributed by atoms with Crippen molar-refractivity contribution in [3.63, 3.8) is 0 Å². The molecule has 0 bridgehead atoms. The Balaban J connectivity index is 4.46. The zero-order valence-corrected chi connectivity index (χ0v) is 25.1. The predicted octanol–water partition coefficient (Wildman–Crippen LogP) is 2.62. The van der Waals surface area contributed by atoms with E-state index in [1.165, 1.54) is 0 Å². The molecule has 0 saturated carbocycles. The number of ether oxygens (including phenoxy) is 2. The second-order valence-corrected chi connectivity index (χ2v) is 11.5. The summed E-state index contributed by atoms with van der Waals surface area (Å²) in [6.07, 6.45) is 1.32. The Morgan fingerprint density at radius 3 is 1.50 bits per heavy atom. The first-order valence-electron chi connectivity index (χ1n) is 13.6. The Labute approximate surface area is 243 Å². The van der Waals surface area contributed by atoms with Crippen molar-refractivity contribution in [1.82, 2.24) is 10.6 Å². The second kappa shape index (κ2) is 24.6. The molecule has 0 rings (SSSR count). The van der Waals surface area contributed by atoms with Crippen LogP contribution in [0.4, 0.5) is 0 Å². The smallest absolute Gasteiger partial charge is 0.305 e. The lowest BCUT2D eigenvalue weighted by atomic mass is 10.0. The monoisotopic (exact) mass is 608 g/mol. The molecule has 0 radical (unpaired) electrons. The first-order valence-corrected chi connectivity index (χ1v) is 16.1. The predicted molar refractivity (Wildman–Crippen MR) is 153 cm³/mol. The molecule has 0 aliphatic rings. The normalized spacial score (nSPS) is 12.3. The van der Waals surface area contributed by atoms with E-state index in [4.69, 9.17) is 19.7 Å². The summed E-state index contributed by atoms with van der Waals surface area (Å²) in [6, 6.07) is -1.16. The maximum atomic E-state index is 12.7. The highest BCUT2D eigenvalue weighted by atomic mass is 33.1. The molecule has 12 nitrogen and oxygen atoms in total. The summed E-state index contributed by atoms with van der Waals surface area (Å²) in [4.78, 5) is 69.9. The van der Waals surface area contributed by atoms with E-state index in [1.807, 2.05) is 0 Å².